The maximum absolute atomic E-state index is 12.8. The lowest BCUT2D eigenvalue weighted by Gasteiger charge is -2.34. The Bertz CT molecular complexity index is 546. The molecule has 0 aliphatic carbocycles. The second-order valence-corrected chi connectivity index (χ2v) is 7.14. The number of nitrogens with two attached hydrogens (primary N) is 1. The summed E-state index contributed by atoms with van der Waals surface area (Å²) in [6, 6.07) is 6.68. The largest absolute Gasteiger partial charge is 0.494 e. The Morgan fingerprint density at radius 2 is 1.95 bits per heavy atom. The van der Waals surface area contributed by atoms with Crippen molar-refractivity contribution in [3.8, 4) is 5.75 Å². The van der Waals surface area contributed by atoms with Crippen molar-refractivity contribution in [2.45, 2.75) is 43.5 Å². The molecule has 1 aromatic carbocycles. The molecule has 1 fully saturated rings. The van der Waals surface area contributed by atoms with E-state index in [1.165, 1.54) is 0 Å². The van der Waals surface area contributed by atoms with Gasteiger partial charge in [0.25, 0.3) is 0 Å². The summed E-state index contributed by atoms with van der Waals surface area (Å²) in [6.07, 6.45) is 3.60. The van der Waals surface area contributed by atoms with Crippen LogP contribution >= 0.6 is 12.4 Å². The zero-order chi connectivity index (χ0) is 15.3. The van der Waals surface area contributed by atoms with E-state index in [2.05, 4.69) is 0 Å². The maximum Gasteiger partial charge on any atom is 0.243 e. The molecule has 0 radical (unpaired) electrons. The molecule has 2 rings (SSSR count). The molecule has 7 heteroatoms. The third-order valence-electron chi connectivity index (χ3n) is 3.81. The number of piperidine rings is 1. The van der Waals surface area contributed by atoms with Crippen molar-refractivity contribution in [1.29, 1.82) is 0 Å². The summed E-state index contributed by atoms with van der Waals surface area (Å²) < 4.78 is 32.5. The third kappa shape index (κ3) is 4.35. The minimum absolute atomic E-state index is 0. The smallest absolute Gasteiger partial charge is 0.243 e. The molecule has 22 heavy (non-hydrogen) atoms. The normalized spacial score (nSPS) is 19.5. The van der Waals surface area contributed by atoms with Crippen LogP contribution in [0.2, 0.25) is 0 Å². The first-order chi connectivity index (χ1) is 10.1. The summed E-state index contributed by atoms with van der Waals surface area (Å²) in [6.45, 7) is 3.56. The van der Waals surface area contributed by atoms with E-state index in [0.29, 0.717) is 30.3 Å². The first-order valence-corrected chi connectivity index (χ1v) is 8.98. The van der Waals surface area contributed by atoms with E-state index >= 15 is 0 Å². The molecule has 0 saturated carbocycles. The van der Waals surface area contributed by atoms with Gasteiger partial charge >= 0.3 is 0 Å². The molecule has 1 aliphatic heterocycles. The Hall–Kier alpha value is -0.820. The average molecular weight is 349 g/mol. The molecular formula is C15H25ClN2O3S. The minimum Gasteiger partial charge on any atom is -0.494 e. The molecular weight excluding hydrogens is 324 g/mol. The number of sulfonamides is 1. The lowest BCUT2D eigenvalue weighted by molar-refractivity contribution is 0.243. The molecule has 0 bridgehead atoms. The monoisotopic (exact) mass is 348 g/mol. The van der Waals surface area contributed by atoms with Crippen molar-refractivity contribution in [3.63, 3.8) is 0 Å². The number of rotatable bonds is 6. The van der Waals surface area contributed by atoms with Gasteiger partial charge in [0.15, 0.2) is 0 Å². The zero-order valence-electron chi connectivity index (χ0n) is 12.9. The van der Waals surface area contributed by atoms with Gasteiger partial charge in [0.2, 0.25) is 10.0 Å². The lowest BCUT2D eigenvalue weighted by atomic mass is 10.0. The fourth-order valence-electron chi connectivity index (χ4n) is 2.78. The van der Waals surface area contributed by atoms with Crippen molar-refractivity contribution >= 4 is 22.4 Å². The van der Waals surface area contributed by atoms with Crippen LogP contribution in [0.1, 0.15) is 32.6 Å². The number of benzene rings is 1. The van der Waals surface area contributed by atoms with Gasteiger partial charge in [-0.3, -0.25) is 0 Å². The topological polar surface area (TPSA) is 72.6 Å². The van der Waals surface area contributed by atoms with E-state index in [1.54, 1.807) is 28.6 Å². The van der Waals surface area contributed by atoms with E-state index in [9.17, 15) is 8.42 Å². The second kappa shape index (κ2) is 8.72. The predicted octanol–water partition coefficient (Wildman–Crippen LogP) is 2.40. The number of halogens is 1. The molecule has 0 aromatic heterocycles. The van der Waals surface area contributed by atoms with Gasteiger partial charge in [-0.05, 0) is 57.0 Å². The highest BCUT2D eigenvalue weighted by Gasteiger charge is 2.32. The average Bonchev–Trinajstić information content (AvgIpc) is 2.49. The van der Waals surface area contributed by atoms with Gasteiger partial charge in [-0.15, -0.1) is 12.4 Å². The van der Waals surface area contributed by atoms with Gasteiger partial charge in [-0.2, -0.15) is 4.31 Å². The molecule has 1 aromatic rings. The highest BCUT2D eigenvalue weighted by molar-refractivity contribution is 7.89. The SMILES string of the molecule is CCOc1ccc(S(=O)(=O)N2CCCCC2CCN)cc1.Cl. The Morgan fingerprint density at radius 3 is 2.55 bits per heavy atom. The fraction of sp³-hybridized carbons (Fsp3) is 0.600. The van der Waals surface area contributed by atoms with Crippen molar-refractivity contribution in [2.75, 3.05) is 19.7 Å². The van der Waals surface area contributed by atoms with Gasteiger partial charge in [-0.25, -0.2) is 8.42 Å². The molecule has 1 unspecified atom stereocenters. The van der Waals surface area contributed by atoms with E-state index in [4.69, 9.17) is 10.5 Å². The Morgan fingerprint density at radius 1 is 1.27 bits per heavy atom. The van der Waals surface area contributed by atoms with Crippen LogP contribution in [0.4, 0.5) is 0 Å². The summed E-state index contributed by atoms with van der Waals surface area (Å²) in [7, 11) is -3.44. The Labute approximate surface area is 139 Å². The maximum atomic E-state index is 12.8. The van der Waals surface area contributed by atoms with Crippen molar-refractivity contribution < 1.29 is 13.2 Å². The molecule has 126 valence electrons. The molecule has 1 heterocycles. The number of nitrogens with zero attached hydrogens (tertiary/aromatic N) is 1. The van der Waals surface area contributed by atoms with Crippen LogP contribution < -0.4 is 10.5 Å². The van der Waals surface area contributed by atoms with Crippen LogP contribution in [0.15, 0.2) is 29.2 Å². The van der Waals surface area contributed by atoms with Crippen LogP contribution in [0.25, 0.3) is 0 Å². The Balaban J connectivity index is 0.00000242. The molecule has 1 atom stereocenters. The minimum atomic E-state index is -3.44. The predicted molar refractivity (Wildman–Crippen MR) is 90.1 cm³/mol. The standard InChI is InChI=1S/C15H24N2O3S.ClH/c1-2-20-14-6-8-15(9-7-14)21(18,19)17-12-4-3-5-13(17)10-11-16;/h6-9,13H,2-5,10-12,16H2,1H3;1H. The van der Waals surface area contributed by atoms with Crippen molar-refractivity contribution in [3.05, 3.63) is 24.3 Å². The molecule has 5 nitrogen and oxygen atoms in total. The fourth-order valence-corrected chi connectivity index (χ4v) is 4.50. The molecule has 2 N–H and O–H groups in total. The number of hydrogen-bond donors (Lipinski definition) is 1. The second-order valence-electron chi connectivity index (χ2n) is 5.25. The van der Waals surface area contributed by atoms with Gasteiger partial charge in [0.05, 0.1) is 11.5 Å². The first-order valence-electron chi connectivity index (χ1n) is 7.54. The molecule has 1 aliphatic rings. The van der Waals surface area contributed by atoms with Gasteiger partial charge in [0.1, 0.15) is 5.75 Å². The van der Waals surface area contributed by atoms with Crippen LogP contribution in [0.3, 0.4) is 0 Å². The number of hydrogen-bond acceptors (Lipinski definition) is 4. The summed E-state index contributed by atoms with van der Waals surface area (Å²) in [5, 5.41) is 0. The van der Waals surface area contributed by atoms with Gasteiger partial charge < -0.3 is 10.5 Å². The summed E-state index contributed by atoms with van der Waals surface area (Å²) in [5.74, 6) is 0.689. The van der Waals surface area contributed by atoms with E-state index < -0.39 is 10.0 Å². The highest BCUT2D eigenvalue weighted by atomic mass is 35.5. The summed E-state index contributed by atoms with van der Waals surface area (Å²) >= 11 is 0. The summed E-state index contributed by atoms with van der Waals surface area (Å²) in [4.78, 5) is 0.329. The first kappa shape index (κ1) is 19.2. The third-order valence-corrected chi connectivity index (χ3v) is 5.78. The van der Waals surface area contributed by atoms with Crippen LogP contribution in [-0.2, 0) is 10.0 Å². The number of ether oxygens (including phenoxy) is 1. The lowest BCUT2D eigenvalue weighted by Crippen LogP contribution is -2.44. The quantitative estimate of drug-likeness (QED) is 0.856. The molecule has 0 amide bonds. The molecule has 0 spiro atoms. The van der Waals surface area contributed by atoms with E-state index in [1.807, 2.05) is 6.92 Å². The zero-order valence-corrected chi connectivity index (χ0v) is 14.5. The van der Waals surface area contributed by atoms with Crippen molar-refractivity contribution in [1.82, 2.24) is 4.31 Å². The Kier molecular flexibility index (Phi) is 7.62. The van der Waals surface area contributed by atoms with E-state index in [-0.39, 0.29) is 18.4 Å². The van der Waals surface area contributed by atoms with Gasteiger partial charge in [0, 0.05) is 12.6 Å². The molecule has 1 saturated heterocycles. The van der Waals surface area contributed by atoms with Crippen LogP contribution in [-0.4, -0.2) is 38.5 Å². The summed E-state index contributed by atoms with van der Waals surface area (Å²) in [5.41, 5.74) is 5.62. The van der Waals surface area contributed by atoms with Crippen LogP contribution in [0.5, 0.6) is 5.75 Å². The van der Waals surface area contributed by atoms with Crippen molar-refractivity contribution in [2.24, 2.45) is 5.73 Å². The van der Waals surface area contributed by atoms with E-state index in [0.717, 1.165) is 25.7 Å². The van der Waals surface area contributed by atoms with Gasteiger partial charge in [-0.1, -0.05) is 6.42 Å². The highest BCUT2D eigenvalue weighted by Crippen LogP contribution is 2.27. The van der Waals surface area contributed by atoms with Crippen LogP contribution in [0, 0.1) is 0 Å².